The van der Waals surface area contributed by atoms with Gasteiger partial charge in [-0.05, 0) is 38.3 Å². The standard InChI is InChI=1S/C26H42N4O6S/c1-8-16(4)22(28-23(32)19-11-9-10-12-29(19)6)25(33)30(7)20(15(2)3)13-21(36-17(5)31)24-27-18(14-37-24)26(34)35/h14-16,19-22H,8-13H2,1-7H3,(H,28,32)(H,34,35)/t16?,19-,20-,21-,22+/m1/s1. The van der Waals surface area contributed by atoms with Gasteiger partial charge < -0.3 is 20.1 Å². The maximum absolute atomic E-state index is 13.8. The molecule has 0 aromatic carbocycles. The summed E-state index contributed by atoms with van der Waals surface area (Å²) in [4.78, 5) is 58.0. The number of nitrogens with zero attached hydrogens (tertiary/aromatic N) is 3. The number of carboxylic acid groups (broad SMARTS) is 1. The maximum atomic E-state index is 13.8. The molecule has 0 radical (unpaired) electrons. The van der Waals surface area contributed by atoms with Gasteiger partial charge in [0, 0.05) is 31.8 Å². The third-order valence-corrected chi connectivity index (χ3v) is 8.18. The van der Waals surface area contributed by atoms with Crippen LogP contribution in [-0.4, -0.2) is 82.4 Å². The quantitative estimate of drug-likeness (QED) is 0.388. The Morgan fingerprint density at radius 2 is 1.95 bits per heavy atom. The number of aromatic nitrogens is 1. The van der Waals surface area contributed by atoms with Crippen LogP contribution in [0.2, 0.25) is 0 Å². The zero-order valence-electron chi connectivity index (χ0n) is 23.0. The molecule has 5 atom stereocenters. The number of ether oxygens (including phenoxy) is 1. The Morgan fingerprint density at radius 1 is 1.27 bits per heavy atom. The van der Waals surface area contributed by atoms with Crippen LogP contribution in [0.3, 0.4) is 0 Å². The first-order chi connectivity index (χ1) is 17.4. The second-order valence-electron chi connectivity index (χ2n) is 10.3. The Labute approximate surface area is 223 Å². The minimum atomic E-state index is -1.16. The molecule has 1 aliphatic heterocycles. The fourth-order valence-electron chi connectivity index (χ4n) is 4.75. The summed E-state index contributed by atoms with van der Waals surface area (Å²) < 4.78 is 5.53. The van der Waals surface area contributed by atoms with Crippen LogP contribution < -0.4 is 5.32 Å². The van der Waals surface area contributed by atoms with Gasteiger partial charge in [-0.25, -0.2) is 9.78 Å². The number of carboxylic acids is 1. The number of likely N-dealkylation sites (N-methyl/N-ethyl adjacent to an activating group) is 2. The van der Waals surface area contributed by atoms with Crippen molar-refractivity contribution in [3.63, 3.8) is 0 Å². The Morgan fingerprint density at radius 3 is 2.46 bits per heavy atom. The molecule has 208 valence electrons. The Hall–Kier alpha value is -2.53. The molecule has 10 nitrogen and oxygen atoms in total. The van der Waals surface area contributed by atoms with E-state index in [9.17, 15) is 24.3 Å². The minimum absolute atomic E-state index is 0.0105. The number of amides is 2. The SMILES string of the molecule is CCC(C)[C@H](NC(=O)[C@H]1CCCCN1C)C(=O)N(C)[C@H](C[C@@H](OC(C)=O)c1nc(C(=O)O)cs1)C(C)C. The topological polar surface area (TPSA) is 129 Å². The molecule has 37 heavy (non-hydrogen) atoms. The van der Waals surface area contributed by atoms with Gasteiger partial charge in [0.25, 0.3) is 0 Å². The molecule has 1 aromatic heterocycles. The van der Waals surface area contributed by atoms with Crippen molar-refractivity contribution < 1.29 is 29.0 Å². The highest BCUT2D eigenvalue weighted by atomic mass is 32.1. The first kappa shape index (κ1) is 30.7. The van der Waals surface area contributed by atoms with E-state index in [1.54, 1.807) is 11.9 Å². The molecule has 0 saturated carbocycles. The summed E-state index contributed by atoms with van der Waals surface area (Å²) in [6, 6.07) is -1.29. The molecule has 1 saturated heterocycles. The van der Waals surface area contributed by atoms with Crippen LogP contribution in [0.25, 0.3) is 0 Å². The molecular weight excluding hydrogens is 496 g/mol. The maximum Gasteiger partial charge on any atom is 0.355 e. The van der Waals surface area contributed by atoms with E-state index in [4.69, 9.17) is 4.74 Å². The van der Waals surface area contributed by atoms with Crippen molar-refractivity contribution in [1.82, 2.24) is 20.1 Å². The number of likely N-dealkylation sites (tertiary alicyclic amines) is 1. The summed E-state index contributed by atoms with van der Waals surface area (Å²) in [6.45, 7) is 10.0. The third-order valence-electron chi connectivity index (χ3n) is 7.24. The molecular formula is C26H42N4O6S. The van der Waals surface area contributed by atoms with Gasteiger partial charge in [0.2, 0.25) is 11.8 Å². The van der Waals surface area contributed by atoms with E-state index < -0.39 is 24.1 Å². The van der Waals surface area contributed by atoms with Crippen molar-refractivity contribution in [2.45, 2.75) is 91.0 Å². The zero-order valence-corrected chi connectivity index (χ0v) is 23.8. The first-order valence-corrected chi connectivity index (χ1v) is 13.9. The van der Waals surface area contributed by atoms with Crippen LogP contribution >= 0.6 is 11.3 Å². The number of piperidine rings is 1. The van der Waals surface area contributed by atoms with Crippen molar-refractivity contribution in [3.8, 4) is 0 Å². The van der Waals surface area contributed by atoms with Gasteiger partial charge in [-0.1, -0.05) is 40.5 Å². The second kappa shape index (κ2) is 13.9. The number of esters is 1. The van der Waals surface area contributed by atoms with E-state index in [0.29, 0.717) is 11.4 Å². The van der Waals surface area contributed by atoms with E-state index in [2.05, 4.69) is 10.3 Å². The Balaban J connectivity index is 2.27. The monoisotopic (exact) mass is 538 g/mol. The summed E-state index contributed by atoms with van der Waals surface area (Å²) in [7, 11) is 3.64. The lowest BCUT2D eigenvalue weighted by atomic mass is 9.92. The van der Waals surface area contributed by atoms with Gasteiger partial charge in [-0.2, -0.15) is 0 Å². The fourth-order valence-corrected chi connectivity index (χ4v) is 5.59. The van der Waals surface area contributed by atoms with Gasteiger partial charge in [0.05, 0.1) is 6.04 Å². The van der Waals surface area contributed by atoms with Crippen molar-refractivity contribution in [2.24, 2.45) is 11.8 Å². The predicted octanol–water partition coefficient (Wildman–Crippen LogP) is 3.33. The molecule has 2 heterocycles. The van der Waals surface area contributed by atoms with Crippen molar-refractivity contribution in [2.75, 3.05) is 20.6 Å². The lowest BCUT2D eigenvalue weighted by Gasteiger charge is -2.38. The lowest BCUT2D eigenvalue weighted by molar-refractivity contribution is -0.149. The average molecular weight is 539 g/mol. The normalized spacial score (nSPS) is 19.5. The number of carbonyl (C=O) groups excluding carboxylic acids is 3. The van der Waals surface area contributed by atoms with Gasteiger partial charge in [-0.3, -0.25) is 19.3 Å². The van der Waals surface area contributed by atoms with Gasteiger partial charge in [0.15, 0.2) is 11.8 Å². The van der Waals surface area contributed by atoms with E-state index in [1.165, 1.54) is 12.3 Å². The number of thiazole rings is 1. The molecule has 2 amide bonds. The van der Waals surface area contributed by atoms with Crippen LogP contribution in [0.5, 0.6) is 0 Å². The molecule has 0 aliphatic carbocycles. The van der Waals surface area contributed by atoms with E-state index >= 15 is 0 Å². The Bertz CT molecular complexity index is 951. The predicted molar refractivity (Wildman–Crippen MR) is 141 cm³/mol. The van der Waals surface area contributed by atoms with Crippen LogP contribution in [0, 0.1) is 11.8 Å². The lowest BCUT2D eigenvalue weighted by Crippen LogP contribution is -2.58. The van der Waals surface area contributed by atoms with Crippen LogP contribution in [0.1, 0.15) is 88.3 Å². The molecule has 2 N–H and O–H groups in total. The number of hydrogen-bond donors (Lipinski definition) is 2. The Kier molecular flexibility index (Phi) is 11.5. The molecule has 1 aromatic rings. The number of hydrogen-bond acceptors (Lipinski definition) is 8. The largest absolute Gasteiger partial charge is 0.476 e. The summed E-state index contributed by atoms with van der Waals surface area (Å²) in [6.07, 6.45) is 2.97. The summed E-state index contributed by atoms with van der Waals surface area (Å²) >= 11 is 1.11. The van der Waals surface area contributed by atoms with E-state index in [0.717, 1.165) is 37.1 Å². The second-order valence-corrected chi connectivity index (χ2v) is 11.2. The third kappa shape index (κ3) is 8.23. The highest BCUT2D eigenvalue weighted by molar-refractivity contribution is 7.09. The summed E-state index contributed by atoms with van der Waals surface area (Å²) in [5.41, 5.74) is -0.116. The van der Waals surface area contributed by atoms with Crippen LogP contribution in [0.15, 0.2) is 5.38 Å². The van der Waals surface area contributed by atoms with Gasteiger partial charge in [0.1, 0.15) is 11.0 Å². The number of nitrogens with one attached hydrogen (secondary N) is 1. The van der Waals surface area contributed by atoms with Crippen LogP contribution in [0.4, 0.5) is 0 Å². The molecule has 0 spiro atoms. The summed E-state index contributed by atoms with van der Waals surface area (Å²) in [5.74, 6) is -2.10. The number of carbonyl (C=O) groups is 4. The highest BCUT2D eigenvalue weighted by Crippen LogP contribution is 2.31. The number of rotatable bonds is 12. The van der Waals surface area contributed by atoms with Gasteiger partial charge in [-0.15, -0.1) is 11.3 Å². The smallest absolute Gasteiger partial charge is 0.355 e. The molecule has 11 heteroatoms. The summed E-state index contributed by atoms with van der Waals surface area (Å²) in [5, 5.41) is 14.1. The van der Waals surface area contributed by atoms with E-state index in [-0.39, 0.29) is 47.8 Å². The molecule has 1 fully saturated rings. The molecule has 2 rings (SSSR count). The van der Waals surface area contributed by atoms with E-state index in [1.807, 2.05) is 39.6 Å². The highest BCUT2D eigenvalue weighted by Gasteiger charge is 2.37. The molecule has 0 bridgehead atoms. The first-order valence-electron chi connectivity index (χ1n) is 13.0. The average Bonchev–Trinajstić information content (AvgIpc) is 3.34. The molecule has 1 aliphatic rings. The van der Waals surface area contributed by atoms with Crippen molar-refractivity contribution in [3.05, 3.63) is 16.1 Å². The zero-order chi connectivity index (χ0) is 27.9. The minimum Gasteiger partial charge on any atom is -0.476 e. The van der Waals surface area contributed by atoms with Gasteiger partial charge >= 0.3 is 11.9 Å². The molecule has 1 unspecified atom stereocenters. The van der Waals surface area contributed by atoms with Crippen molar-refractivity contribution in [1.29, 1.82) is 0 Å². The van der Waals surface area contributed by atoms with Crippen LogP contribution in [-0.2, 0) is 19.1 Å². The number of aromatic carboxylic acids is 1. The fraction of sp³-hybridized carbons (Fsp3) is 0.731. The van der Waals surface area contributed by atoms with Crippen molar-refractivity contribution >= 4 is 35.1 Å².